The average Bonchev–Trinajstić information content (AvgIpc) is 2.03. The molecule has 0 spiro atoms. The van der Waals surface area contributed by atoms with Crippen LogP contribution in [0.25, 0.3) is 0 Å². The number of nitrogens with zero attached hydrogens (tertiary/aromatic N) is 1. The fraction of sp³-hybridized carbons (Fsp3) is 0.571. The number of likely N-dealkylation sites (tertiary alicyclic amines) is 1. The van der Waals surface area contributed by atoms with Gasteiger partial charge in [-0.3, -0.25) is 4.79 Å². The van der Waals surface area contributed by atoms with Crippen molar-refractivity contribution >= 4 is 17.8 Å². The number of amides is 1. The molecular weight excluding hydrogens is 178 g/mol. The van der Waals surface area contributed by atoms with E-state index in [2.05, 4.69) is 0 Å². The topological polar surface area (TPSA) is 101 Å². The first kappa shape index (κ1) is 9.50. The van der Waals surface area contributed by atoms with Crippen molar-refractivity contribution in [1.29, 1.82) is 0 Å². The van der Waals surface area contributed by atoms with E-state index in [1.54, 1.807) is 0 Å². The van der Waals surface area contributed by atoms with Crippen molar-refractivity contribution in [1.82, 2.24) is 4.90 Å². The number of aliphatic carboxylic acids is 2. The monoisotopic (exact) mass is 185 g/mol. The van der Waals surface area contributed by atoms with Crippen LogP contribution in [0.3, 0.4) is 0 Å². The normalized spacial score (nSPS) is 25.2. The molecule has 0 aromatic carbocycles. The molecule has 1 heterocycles. The van der Waals surface area contributed by atoms with E-state index in [1.807, 2.05) is 0 Å². The maximum atomic E-state index is 10.9. The second kappa shape index (κ2) is 2.45. The first-order chi connectivity index (χ1) is 5.86. The van der Waals surface area contributed by atoms with E-state index >= 15 is 0 Å². The third-order valence-electron chi connectivity index (χ3n) is 2.48. The number of β-lactam (4-membered cyclic amide) rings is 1. The molecule has 0 bridgehead atoms. The van der Waals surface area contributed by atoms with Gasteiger partial charge in [0, 0.05) is 7.05 Å². The van der Waals surface area contributed by atoms with Gasteiger partial charge in [-0.2, -0.15) is 0 Å². The number of carboxylic acid groups (broad SMARTS) is 2. The molecule has 0 aliphatic carbocycles. The summed E-state index contributed by atoms with van der Waals surface area (Å²) in [5.74, 6) is -5.31. The average molecular weight is 185 g/mol. The Labute approximate surface area is 73.8 Å². The van der Waals surface area contributed by atoms with E-state index in [1.165, 1.54) is 6.92 Å². The highest BCUT2D eigenvalue weighted by Crippen LogP contribution is 2.35. The Kier molecular flexibility index (Phi) is 1.79. The van der Waals surface area contributed by atoms with Crippen LogP contribution in [-0.2, 0) is 14.4 Å². The van der Waals surface area contributed by atoms with E-state index in [0.29, 0.717) is 4.90 Å². The van der Waals surface area contributed by atoms with Crippen LogP contribution in [0.2, 0.25) is 0 Å². The largest absolute Gasteiger partial charge is 0.547 e. The lowest BCUT2D eigenvalue weighted by molar-refractivity contribution is -0.349. The highest BCUT2D eigenvalue weighted by atomic mass is 16.4. The Bertz CT molecular complexity index is 269. The molecule has 6 nitrogen and oxygen atoms in total. The number of rotatable bonds is 2. The predicted octanol–water partition coefficient (Wildman–Crippen LogP) is -3.67. The van der Waals surface area contributed by atoms with Crippen LogP contribution in [0.15, 0.2) is 0 Å². The second-order valence-electron chi connectivity index (χ2n) is 2.96. The summed E-state index contributed by atoms with van der Waals surface area (Å²) in [6.07, 6.45) is 0. The highest BCUT2D eigenvalue weighted by Gasteiger charge is 2.58. The van der Waals surface area contributed by atoms with Gasteiger partial charge in [0.15, 0.2) is 0 Å². The summed E-state index contributed by atoms with van der Waals surface area (Å²) in [5.41, 5.74) is -2.29. The molecule has 1 amide bonds. The Morgan fingerprint density at radius 2 is 1.77 bits per heavy atom. The fourth-order valence-electron chi connectivity index (χ4n) is 1.58. The Morgan fingerprint density at radius 1 is 1.38 bits per heavy atom. The van der Waals surface area contributed by atoms with Gasteiger partial charge >= 0.3 is 0 Å². The molecule has 0 N–H and O–H groups in total. The SMILES string of the molecule is CC1C(=O)N(C)C1(C(=O)[O-])C(=O)[O-]. The summed E-state index contributed by atoms with van der Waals surface area (Å²) in [6.45, 7) is 1.22. The molecule has 0 aromatic heterocycles. The second-order valence-corrected chi connectivity index (χ2v) is 2.96. The van der Waals surface area contributed by atoms with Crippen LogP contribution in [-0.4, -0.2) is 35.3 Å². The lowest BCUT2D eigenvalue weighted by atomic mass is 9.74. The lowest BCUT2D eigenvalue weighted by Gasteiger charge is -2.55. The molecule has 13 heavy (non-hydrogen) atoms. The molecule has 6 heteroatoms. The van der Waals surface area contributed by atoms with Gasteiger partial charge in [0.25, 0.3) is 0 Å². The molecule has 0 radical (unpaired) electrons. The lowest BCUT2D eigenvalue weighted by Crippen LogP contribution is -2.81. The van der Waals surface area contributed by atoms with E-state index in [-0.39, 0.29) is 0 Å². The van der Waals surface area contributed by atoms with Gasteiger partial charge in [-0.15, -0.1) is 0 Å². The summed E-state index contributed by atoms with van der Waals surface area (Å²) >= 11 is 0. The van der Waals surface area contributed by atoms with E-state index in [4.69, 9.17) is 0 Å². The molecule has 1 fully saturated rings. The maximum absolute atomic E-state index is 10.9. The molecule has 1 rings (SSSR count). The van der Waals surface area contributed by atoms with Crippen LogP contribution in [0, 0.1) is 5.92 Å². The predicted molar refractivity (Wildman–Crippen MR) is 34.7 cm³/mol. The maximum Gasteiger partial charge on any atom is 0.229 e. The Balaban J connectivity index is 3.15. The molecule has 1 aliphatic heterocycles. The van der Waals surface area contributed by atoms with Gasteiger partial charge in [-0.05, 0) is 0 Å². The number of hydrogen-bond acceptors (Lipinski definition) is 5. The molecule has 1 saturated heterocycles. The molecule has 1 atom stereocenters. The highest BCUT2D eigenvalue weighted by molar-refractivity contribution is 6.14. The third kappa shape index (κ3) is 0.796. The molecule has 0 aromatic rings. The van der Waals surface area contributed by atoms with E-state index in [0.717, 1.165) is 7.05 Å². The summed E-state index contributed by atoms with van der Waals surface area (Å²) in [5, 5.41) is 21.2. The Morgan fingerprint density at radius 3 is 1.92 bits per heavy atom. The van der Waals surface area contributed by atoms with Crippen molar-refractivity contribution in [2.45, 2.75) is 12.5 Å². The van der Waals surface area contributed by atoms with Crippen LogP contribution in [0.5, 0.6) is 0 Å². The summed E-state index contributed by atoms with van der Waals surface area (Å²) in [6, 6.07) is 0. The number of carbonyl (C=O) groups is 3. The van der Waals surface area contributed by atoms with E-state index < -0.39 is 29.3 Å². The summed E-state index contributed by atoms with van der Waals surface area (Å²) in [7, 11) is 1.09. The zero-order chi connectivity index (χ0) is 10.4. The number of carboxylic acids is 2. The summed E-state index contributed by atoms with van der Waals surface area (Å²) in [4.78, 5) is 32.7. The molecule has 72 valence electrons. The fourth-order valence-corrected chi connectivity index (χ4v) is 1.58. The van der Waals surface area contributed by atoms with Crippen LogP contribution >= 0.6 is 0 Å². The third-order valence-corrected chi connectivity index (χ3v) is 2.48. The first-order valence-electron chi connectivity index (χ1n) is 3.57. The van der Waals surface area contributed by atoms with Crippen molar-refractivity contribution in [2.24, 2.45) is 5.92 Å². The minimum atomic E-state index is -2.29. The minimum Gasteiger partial charge on any atom is -0.547 e. The number of likely N-dealkylation sites (N-methyl/N-ethyl adjacent to an activating group) is 1. The standard InChI is InChI=1S/C7H9NO5/c1-3-4(9)8(2)7(3,5(10)11)6(12)13/h3H,1-2H3,(H,10,11)(H,12,13)/p-2. The molecule has 1 unspecified atom stereocenters. The molecule has 0 saturated carbocycles. The zero-order valence-electron chi connectivity index (χ0n) is 7.07. The summed E-state index contributed by atoms with van der Waals surface area (Å²) < 4.78 is 0. The van der Waals surface area contributed by atoms with Crippen LogP contribution < -0.4 is 10.2 Å². The molecular formula is C7H7NO5-2. The number of carbonyl (C=O) groups excluding carboxylic acids is 3. The van der Waals surface area contributed by atoms with Crippen molar-refractivity contribution < 1.29 is 24.6 Å². The number of hydrogen-bond donors (Lipinski definition) is 0. The quantitative estimate of drug-likeness (QED) is 0.326. The minimum absolute atomic E-state index is 0.548. The first-order valence-corrected chi connectivity index (χ1v) is 3.57. The smallest absolute Gasteiger partial charge is 0.229 e. The van der Waals surface area contributed by atoms with Crippen LogP contribution in [0.4, 0.5) is 0 Å². The van der Waals surface area contributed by atoms with Gasteiger partial charge < -0.3 is 24.7 Å². The van der Waals surface area contributed by atoms with Gasteiger partial charge in [-0.1, -0.05) is 6.92 Å². The Hall–Kier alpha value is -1.59. The van der Waals surface area contributed by atoms with Gasteiger partial charge in [0.05, 0.1) is 17.9 Å². The van der Waals surface area contributed by atoms with Crippen molar-refractivity contribution in [2.75, 3.05) is 7.05 Å². The van der Waals surface area contributed by atoms with Gasteiger partial charge in [0.2, 0.25) is 5.91 Å². The van der Waals surface area contributed by atoms with Crippen molar-refractivity contribution in [3.63, 3.8) is 0 Å². The van der Waals surface area contributed by atoms with Crippen molar-refractivity contribution in [3.05, 3.63) is 0 Å². The van der Waals surface area contributed by atoms with Crippen LogP contribution in [0.1, 0.15) is 6.92 Å². The zero-order valence-corrected chi connectivity index (χ0v) is 7.07. The van der Waals surface area contributed by atoms with Crippen molar-refractivity contribution in [3.8, 4) is 0 Å². The molecule has 1 aliphatic rings. The van der Waals surface area contributed by atoms with Gasteiger partial charge in [0.1, 0.15) is 5.54 Å². The van der Waals surface area contributed by atoms with E-state index in [9.17, 15) is 24.6 Å². The van der Waals surface area contributed by atoms with Gasteiger partial charge in [-0.25, -0.2) is 0 Å².